The number of benzene rings is 1. The topological polar surface area (TPSA) is 53.7 Å². The van der Waals surface area contributed by atoms with Crippen molar-refractivity contribution in [2.45, 2.75) is 26.9 Å². The third-order valence-electron chi connectivity index (χ3n) is 3.37. The van der Waals surface area contributed by atoms with Gasteiger partial charge < -0.3 is 9.52 Å². The van der Waals surface area contributed by atoms with Crippen LogP contribution in [0.4, 0.5) is 0 Å². The van der Waals surface area contributed by atoms with Crippen molar-refractivity contribution in [3.8, 4) is 0 Å². The summed E-state index contributed by atoms with van der Waals surface area (Å²) >= 11 is 0. The molecule has 20 heavy (non-hydrogen) atoms. The van der Waals surface area contributed by atoms with E-state index in [1.807, 2.05) is 19.2 Å². The van der Waals surface area contributed by atoms with E-state index in [2.05, 4.69) is 24.0 Å². The van der Waals surface area contributed by atoms with E-state index in [0.717, 1.165) is 12.1 Å². The standard InChI is InChI=1S/C16H19NO3/c1-11-6-4-5-7-13(11)9-17(3)10-14-8-15(16(18)19)20-12(14)2/h4-8H,9-10H2,1-3H3,(H,18,19). The van der Waals surface area contributed by atoms with Crippen LogP contribution in [0, 0.1) is 13.8 Å². The first-order valence-corrected chi connectivity index (χ1v) is 6.53. The van der Waals surface area contributed by atoms with Gasteiger partial charge in [-0.05, 0) is 38.1 Å². The molecule has 0 aliphatic rings. The van der Waals surface area contributed by atoms with Crippen LogP contribution in [0.25, 0.3) is 0 Å². The quantitative estimate of drug-likeness (QED) is 0.908. The molecule has 1 N–H and O–H groups in total. The van der Waals surface area contributed by atoms with Crippen LogP contribution in [0.2, 0.25) is 0 Å². The molecule has 0 aliphatic heterocycles. The minimum absolute atomic E-state index is 0.00166. The zero-order chi connectivity index (χ0) is 14.7. The number of nitrogens with zero attached hydrogens (tertiary/aromatic N) is 1. The summed E-state index contributed by atoms with van der Waals surface area (Å²) in [5.74, 6) is -0.360. The molecule has 0 fully saturated rings. The van der Waals surface area contributed by atoms with Gasteiger partial charge >= 0.3 is 5.97 Å². The first-order valence-electron chi connectivity index (χ1n) is 6.53. The molecule has 2 aromatic rings. The van der Waals surface area contributed by atoms with Gasteiger partial charge in [-0.25, -0.2) is 4.79 Å². The summed E-state index contributed by atoms with van der Waals surface area (Å²) in [6.45, 7) is 5.37. The molecule has 0 amide bonds. The van der Waals surface area contributed by atoms with Gasteiger partial charge in [0, 0.05) is 18.7 Å². The summed E-state index contributed by atoms with van der Waals surface area (Å²) < 4.78 is 5.22. The first-order chi connectivity index (χ1) is 9.47. The summed E-state index contributed by atoms with van der Waals surface area (Å²) in [7, 11) is 2.01. The van der Waals surface area contributed by atoms with Gasteiger partial charge in [-0.3, -0.25) is 4.90 Å². The molecule has 0 saturated heterocycles. The summed E-state index contributed by atoms with van der Waals surface area (Å²) in [6, 6.07) is 9.86. The number of rotatable bonds is 5. The second-order valence-corrected chi connectivity index (χ2v) is 5.10. The molecule has 0 atom stereocenters. The van der Waals surface area contributed by atoms with Gasteiger partial charge in [0.05, 0.1) is 0 Å². The number of aromatic carboxylic acids is 1. The van der Waals surface area contributed by atoms with E-state index in [4.69, 9.17) is 9.52 Å². The van der Waals surface area contributed by atoms with E-state index in [9.17, 15) is 4.79 Å². The normalized spacial score (nSPS) is 11.0. The molecule has 4 heteroatoms. The van der Waals surface area contributed by atoms with Crippen LogP contribution in [0.5, 0.6) is 0 Å². The lowest BCUT2D eigenvalue weighted by molar-refractivity contribution is 0.0661. The van der Waals surface area contributed by atoms with Crippen molar-refractivity contribution in [2.24, 2.45) is 0 Å². The van der Waals surface area contributed by atoms with Crippen LogP contribution >= 0.6 is 0 Å². The molecular weight excluding hydrogens is 254 g/mol. The fraction of sp³-hybridized carbons (Fsp3) is 0.312. The Morgan fingerprint density at radius 1 is 1.20 bits per heavy atom. The average Bonchev–Trinajstić information content (AvgIpc) is 2.74. The number of hydrogen-bond acceptors (Lipinski definition) is 3. The number of carboxylic acids is 1. The molecule has 0 unspecified atom stereocenters. The predicted octanol–water partition coefficient (Wildman–Crippen LogP) is 3.23. The summed E-state index contributed by atoms with van der Waals surface area (Å²) in [4.78, 5) is 13.0. The summed E-state index contributed by atoms with van der Waals surface area (Å²) in [5, 5.41) is 8.92. The third kappa shape index (κ3) is 3.27. The summed E-state index contributed by atoms with van der Waals surface area (Å²) in [5.41, 5.74) is 3.45. The third-order valence-corrected chi connectivity index (χ3v) is 3.37. The van der Waals surface area contributed by atoms with Crippen molar-refractivity contribution in [3.63, 3.8) is 0 Å². The van der Waals surface area contributed by atoms with Gasteiger partial charge in [0.2, 0.25) is 5.76 Å². The van der Waals surface area contributed by atoms with Gasteiger partial charge in [0.15, 0.2) is 0 Å². The van der Waals surface area contributed by atoms with E-state index < -0.39 is 5.97 Å². The van der Waals surface area contributed by atoms with Crippen LogP contribution in [0.1, 0.15) is 33.0 Å². The summed E-state index contributed by atoms with van der Waals surface area (Å²) in [6.07, 6.45) is 0. The van der Waals surface area contributed by atoms with Gasteiger partial charge in [0.25, 0.3) is 0 Å². The van der Waals surface area contributed by atoms with Gasteiger partial charge in [-0.15, -0.1) is 0 Å². The Labute approximate surface area is 118 Å². The highest BCUT2D eigenvalue weighted by Crippen LogP contribution is 2.18. The first kappa shape index (κ1) is 14.3. The Kier molecular flexibility index (Phi) is 4.25. The molecule has 0 bridgehead atoms. The van der Waals surface area contributed by atoms with Gasteiger partial charge in [-0.2, -0.15) is 0 Å². The van der Waals surface area contributed by atoms with Crippen molar-refractivity contribution in [3.05, 3.63) is 58.5 Å². The van der Waals surface area contributed by atoms with E-state index in [-0.39, 0.29) is 5.76 Å². The number of furan rings is 1. The molecule has 106 valence electrons. The molecule has 0 spiro atoms. The van der Waals surface area contributed by atoms with Crippen molar-refractivity contribution in [1.29, 1.82) is 0 Å². The molecule has 0 saturated carbocycles. The van der Waals surface area contributed by atoms with E-state index in [1.165, 1.54) is 11.1 Å². The van der Waals surface area contributed by atoms with Gasteiger partial charge in [0.1, 0.15) is 5.76 Å². The Hall–Kier alpha value is -2.07. The maximum Gasteiger partial charge on any atom is 0.371 e. The predicted molar refractivity (Wildman–Crippen MR) is 76.8 cm³/mol. The van der Waals surface area contributed by atoms with E-state index in [0.29, 0.717) is 12.3 Å². The maximum absolute atomic E-state index is 10.9. The highest BCUT2D eigenvalue weighted by atomic mass is 16.4. The zero-order valence-electron chi connectivity index (χ0n) is 12.0. The lowest BCUT2D eigenvalue weighted by Crippen LogP contribution is -2.18. The second kappa shape index (κ2) is 5.92. The number of hydrogen-bond donors (Lipinski definition) is 1. The van der Waals surface area contributed by atoms with E-state index in [1.54, 1.807) is 13.0 Å². The monoisotopic (exact) mass is 273 g/mol. The Morgan fingerprint density at radius 3 is 2.45 bits per heavy atom. The van der Waals surface area contributed by atoms with Gasteiger partial charge in [-0.1, -0.05) is 24.3 Å². The second-order valence-electron chi connectivity index (χ2n) is 5.10. The smallest absolute Gasteiger partial charge is 0.371 e. The fourth-order valence-electron chi connectivity index (χ4n) is 2.21. The molecule has 1 aromatic heterocycles. The highest BCUT2D eigenvalue weighted by molar-refractivity contribution is 5.84. The minimum atomic E-state index is -1.03. The number of carbonyl (C=O) groups is 1. The molecule has 0 radical (unpaired) electrons. The zero-order valence-corrected chi connectivity index (χ0v) is 12.0. The van der Waals surface area contributed by atoms with Crippen LogP contribution in [-0.4, -0.2) is 23.0 Å². The molecular formula is C16H19NO3. The molecule has 4 nitrogen and oxygen atoms in total. The number of aryl methyl sites for hydroxylation is 2. The van der Waals surface area contributed by atoms with Crippen LogP contribution < -0.4 is 0 Å². The van der Waals surface area contributed by atoms with Crippen molar-refractivity contribution >= 4 is 5.97 Å². The van der Waals surface area contributed by atoms with Crippen LogP contribution in [0.15, 0.2) is 34.7 Å². The Bertz CT molecular complexity index is 616. The van der Waals surface area contributed by atoms with Crippen molar-refractivity contribution in [1.82, 2.24) is 4.90 Å². The fourth-order valence-corrected chi connectivity index (χ4v) is 2.21. The molecule has 0 aliphatic carbocycles. The SMILES string of the molecule is Cc1ccccc1CN(C)Cc1cc(C(=O)O)oc1C. The molecule has 2 rings (SSSR count). The molecule has 1 heterocycles. The van der Waals surface area contributed by atoms with E-state index >= 15 is 0 Å². The van der Waals surface area contributed by atoms with Crippen molar-refractivity contribution in [2.75, 3.05) is 7.05 Å². The average molecular weight is 273 g/mol. The highest BCUT2D eigenvalue weighted by Gasteiger charge is 2.14. The molecule has 1 aromatic carbocycles. The largest absolute Gasteiger partial charge is 0.475 e. The maximum atomic E-state index is 10.9. The van der Waals surface area contributed by atoms with Crippen LogP contribution in [0.3, 0.4) is 0 Å². The lowest BCUT2D eigenvalue weighted by Gasteiger charge is -2.17. The number of carboxylic acid groups (broad SMARTS) is 1. The van der Waals surface area contributed by atoms with Crippen molar-refractivity contribution < 1.29 is 14.3 Å². The Morgan fingerprint density at radius 2 is 1.85 bits per heavy atom. The Balaban J connectivity index is 2.06. The van der Waals surface area contributed by atoms with Crippen LogP contribution in [-0.2, 0) is 13.1 Å². The lowest BCUT2D eigenvalue weighted by atomic mass is 10.1. The minimum Gasteiger partial charge on any atom is -0.475 e.